The summed E-state index contributed by atoms with van der Waals surface area (Å²) in [5, 5.41) is 5.26. The molecule has 0 unspecified atom stereocenters. The lowest BCUT2D eigenvalue weighted by atomic mass is 9.91. The van der Waals surface area contributed by atoms with E-state index in [0.717, 1.165) is 19.6 Å². The average Bonchev–Trinajstić information content (AvgIpc) is 2.07. The number of nitrogens with zero attached hydrogens (tertiary/aromatic N) is 1. The summed E-state index contributed by atoms with van der Waals surface area (Å²) in [5.41, 5.74) is 0.375. The minimum Gasteiger partial charge on any atom is -0.313 e. The Hall–Kier alpha value is -0.120. The molecule has 2 aliphatic rings. The number of hydrogen-bond acceptors (Lipinski definition) is 3. The van der Waals surface area contributed by atoms with Crippen molar-refractivity contribution in [2.75, 3.05) is 19.6 Å². The lowest BCUT2D eigenvalue weighted by Crippen LogP contribution is -2.67. The standard InChI is InChI=1S/C6H13N3/c7-9-3-1-2-6(9)4-8-5-6/h8H,1-5,7H2. The van der Waals surface area contributed by atoms with E-state index < -0.39 is 0 Å². The van der Waals surface area contributed by atoms with E-state index in [2.05, 4.69) is 5.32 Å². The number of hydrazine groups is 1. The zero-order chi connectivity index (χ0) is 6.32. The van der Waals surface area contributed by atoms with Gasteiger partial charge in [-0.25, -0.2) is 5.01 Å². The lowest BCUT2D eigenvalue weighted by Gasteiger charge is -2.44. The van der Waals surface area contributed by atoms with Gasteiger partial charge in [0.1, 0.15) is 0 Å². The fourth-order valence-electron chi connectivity index (χ4n) is 1.75. The van der Waals surface area contributed by atoms with Gasteiger partial charge >= 0.3 is 0 Å². The Morgan fingerprint density at radius 3 is 2.44 bits per heavy atom. The van der Waals surface area contributed by atoms with Crippen LogP contribution in [-0.2, 0) is 0 Å². The zero-order valence-corrected chi connectivity index (χ0v) is 5.56. The van der Waals surface area contributed by atoms with Crippen LogP contribution in [0.3, 0.4) is 0 Å². The monoisotopic (exact) mass is 127 g/mol. The highest BCUT2D eigenvalue weighted by Crippen LogP contribution is 2.29. The molecule has 0 amide bonds. The summed E-state index contributed by atoms with van der Waals surface area (Å²) in [5.74, 6) is 5.77. The molecule has 3 nitrogen and oxygen atoms in total. The first kappa shape index (κ1) is 5.65. The molecule has 0 atom stereocenters. The van der Waals surface area contributed by atoms with Crippen molar-refractivity contribution in [3.8, 4) is 0 Å². The van der Waals surface area contributed by atoms with Crippen LogP contribution < -0.4 is 11.2 Å². The van der Waals surface area contributed by atoms with Crippen LogP contribution >= 0.6 is 0 Å². The summed E-state index contributed by atoms with van der Waals surface area (Å²) in [6.07, 6.45) is 2.56. The van der Waals surface area contributed by atoms with Crippen LogP contribution in [0.5, 0.6) is 0 Å². The van der Waals surface area contributed by atoms with Crippen molar-refractivity contribution < 1.29 is 0 Å². The summed E-state index contributed by atoms with van der Waals surface area (Å²) in [6, 6.07) is 0. The first-order chi connectivity index (χ1) is 4.33. The molecule has 2 heterocycles. The van der Waals surface area contributed by atoms with E-state index >= 15 is 0 Å². The summed E-state index contributed by atoms with van der Waals surface area (Å²) < 4.78 is 0. The average molecular weight is 127 g/mol. The van der Waals surface area contributed by atoms with Gasteiger partial charge in [0.2, 0.25) is 0 Å². The zero-order valence-electron chi connectivity index (χ0n) is 5.56. The second-order valence-corrected chi connectivity index (χ2v) is 3.12. The van der Waals surface area contributed by atoms with Gasteiger partial charge in [-0.05, 0) is 12.8 Å². The molecule has 0 radical (unpaired) electrons. The van der Waals surface area contributed by atoms with Gasteiger partial charge in [0.05, 0.1) is 5.54 Å². The Kier molecular flexibility index (Phi) is 1.06. The molecule has 52 valence electrons. The molecule has 9 heavy (non-hydrogen) atoms. The Labute approximate surface area is 55.2 Å². The van der Waals surface area contributed by atoms with E-state index in [9.17, 15) is 0 Å². The number of hydrogen-bond donors (Lipinski definition) is 2. The summed E-state index contributed by atoms with van der Waals surface area (Å²) >= 11 is 0. The smallest absolute Gasteiger partial charge is 0.0600 e. The largest absolute Gasteiger partial charge is 0.313 e. The van der Waals surface area contributed by atoms with Gasteiger partial charge in [0.25, 0.3) is 0 Å². The fraction of sp³-hybridized carbons (Fsp3) is 1.00. The molecule has 0 aromatic heterocycles. The maximum atomic E-state index is 5.77. The molecule has 2 rings (SSSR count). The van der Waals surface area contributed by atoms with Crippen molar-refractivity contribution in [2.45, 2.75) is 18.4 Å². The van der Waals surface area contributed by atoms with Crippen LogP contribution in [0, 0.1) is 0 Å². The van der Waals surface area contributed by atoms with Crippen molar-refractivity contribution in [1.29, 1.82) is 0 Å². The van der Waals surface area contributed by atoms with Gasteiger partial charge in [-0.2, -0.15) is 0 Å². The highest BCUT2D eigenvalue weighted by Gasteiger charge is 2.44. The van der Waals surface area contributed by atoms with Crippen LogP contribution in [0.2, 0.25) is 0 Å². The van der Waals surface area contributed by atoms with Crippen molar-refractivity contribution in [3.63, 3.8) is 0 Å². The van der Waals surface area contributed by atoms with Gasteiger partial charge in [-0.3, -0.25) is 5.84 Å². The lowest BCUT2D eigenvalue weighted by molar-refractivity contribution is 0.0798. The van der Waals surface area contributed by atoms with Crippen LogP contribution in [0.15, 0.2) is 0 Å². The number of rotatable bonds is 0. The molecule has 3 N–H and O–H groups in total. The topological polar surface area (TPSA) is 41.3 Å². The van der Waals surface area contributed by atoms with Crippen molar-refractivity contribution in [2.24, 2.45) is 5.84 Å². The van der Waals surface area contributed by atoms with Gasteiger partial charge in [0, 0.05) is 19.6 Å². The Bertz CT molecular complexity index is 119. The van der Waals surface area contributed by atoms with Crippen LogP contribution in [0.1, 0.15) is 12.8 Å². The minimum absolute atomic E-state index is 0.375. The summed E-state index contributed by atoms with van der Waals surface area (Å²) in [4.78, 5) is 0. The maximum absolute atomic E-state index is 5.77. The Morgan fingerprint density at radius 1 is 1.44 bits per heavy atom. The highest BCUT2D eigenvalue weighted by atomic mass is 15.5. The molecule has 0 aromatic rings. The molecule has 0 aromatic carbocycles. The third-order valence-corrected chi connectivity index (χ3v) is 2.56. The van der Waals surface area contributed by atoms with E-state index in [1.165, 1.54) is 12.8 Å². The van der Waals surface area contributed by atoms with Crippen molar-refractivity contribution >= 4 is 0 Å². The molecular formula is C6H13N3. The Morgan fingerprint density at radius 2 is 2.22 bits per heavy atom. The van der Waals surface area contributed by atoms with E-state index in [4.69, 9.17) is 5.84 Å². The predicted octanol–water partition coefficient (Wildman–Crippen LogP) is -0.702. The molecule has 2 fully saturated rings. The first-order valence-electron chi connectivity index (χ1n) is 3.57. The van der Waals surface area contributed by atoms with Crippen LogP contribution in [-0.4, -0.2) is 30.2 Å². The van der Waals surface area contributed by atoms with Crippen LogP contribution in [0.25, 0.3) is 0 Å². The molecule has 0 aliphatic carbocycles. The normalized spacial score (nSPS) is 33.0. The molecule has 2 saturated heterocycles. The van der Waals surface area contributed by atoms with Gasteiger partial charge in [-0.15, -0.1) is 0 Å². The van der Waals surface area contributed by atoms with Gasteiger partial charge in [0.15, 0.2) is 0 Å². The second kappa shape index (κ2) is 1.68. The maximum Gasteiger partial charge on any atom is 0.0600 e. The number of nitrogens with one attached hydrogen (secondary N) is 1. The molecule has 1 spiro atoms. The van der Waals surface area contributed by atoms with Crippen molar-refractivity contribution in [3.05, 3.63) is 0 Å². The fourth-order valence-corrected chi connectivity index (χ4v) is 1.75. The molecule has 3 heteroatoms. The van der Waals surface area contributed by atoms with Crippen molar-refractivity contribution in [1.82, 2.24) is 10.3 Å². The van der Waals surface area contributed by atoms with E-state index in [1.54, 1.807) is 0 Å². The SMILES string of the molecule is NN1CCCC12CNC2. The van der Waals surface area contributed by atoms with Gasteiger partial charge in [-0.1, -0.05) is 0 Å². The third-order valence-electron chi connectivity index (χ3n) is 2.56. The van der Waals surface area contributed by atoms with E-state index in [-0.39, 0.29) is 0 Å². The quantitative estimate of drug-likeness (QED) is 0.423. The van der Waals surface area contributed by atoms with Gasteiger partial charge < -0.3 is 5.32 Å². The highest BCUT2D eigenvalue weighted by molar-refractivity contribution is 5.03. The summed E-state index contributed by atoms with van der Waals surface area (Å²) in [7, 11) is 0. The summed E-state index contributed by atoms with van der Waals surface area (Å²) in [6.45, 7) is 3.29. The van der Waals surface area contributed by atoms with E-state index in [1.807, 2.05) is 5.01 Å². The Balaban J connectivity index is 2.09. The molecule has 2 aliphatic heterocycles. The molecule has 0 saturated carbocycles. The van der Waals surface area contributed by atoms with E-state index in [0.29, 0.717) is 5.54 Å². The van der Waals surface area contributed by atoms with Crippen LogP contribution in [0.4, 0.5) is 0 Å². The molecular weight excluding hydrogens is 114 g/mol. The number of nitrogens with two attached hydrogens (primary N) is 1. The predicted molar refractivity (Wildman–Crippen MR) is 35.7 cm³/mol. The third kappa shape index (κ3) is 0.625. The minimum atomic E-state index is 0.375. The first-order valence-corrected chi connectivity index (χ1v) is 3.57. The molecule has 0 bridgehead atoms. The second-order valence-electron chi connectivity index (χ2n) is 3.12.